The molecule has 1 atom stereocenters. The van der Waals surface area contributed by atoms with Crippen LogP contribution in [0.3, 0.4) is 0 Å². The molecule has 0 radical (unpaired) electrons. The predicted octanol–water partition coefficient (Wildman–Crippen LogP) is 1.21. The van der Waals surface area contributed by atoms with E-state index in [4.69, 9.17) is 9.47 Å². The van der Waals surface area contributed by atoms with Crippen molar-refractivity contribution in [1.82, 2.24) is 9.96 Å². The van der Waals surface area contributed by atoms with Gasteiger partial charge in [-0.05, 0) is 12.8 Å². The lowest BCUT2D eigenvalue weighted by Gasteiger charge is -2.22. The summed E-state index contributed by atoms with van der Waals surface area (Å²) in [5.41, 5.74) is 0. The second-order valence-corrected chi connectivity index (χ2v) is 7.12. The molecule has 2 heterocycles. The van der Waals surface area contributed by atoms with Gasteiger partial charge >= 0.3 is 12.1 Å². The number of unbranched alkanes of at least 4 members (excludes halogenated alkanes) is 2. The molecule has 11 heteroatoms. The van der Waals surface area contributed by atoms with Crippen molar-refractivity contribution < 1.29 is 43.1 Å². The van der Waals surface area contributed by atoms with Gasteiger partial charge in [0.25, 0.3) is 29.9 Å². The number of hydroxylamine groups is 2. The average Bonchev–Trinajstić information content (AvgIpc) is 3.17. The van der Waals surface area contributed by atoms with Crippen molar-refractivity contribution in [2.24, 2.45) is 5.92 Å². The highest BCUT2D eigenvalue weighted by Crippen LogP contribution is 2.16. The topological polar surface area (TPSA) is 137 Å². The van der Waals surface area contributed by atoms with Crippen LogP contribution in [0.25, 0.3) is 0 Å². The minimum atomic E-state index is -1.32. The first-order valence-corrected chi connectivity index (χ1v) is 9.66. The van der Waals surface area contributed by atoms with Crippen LogP contribution >= 0.6 is 0 Å². The molecule has 0 aromatic rings. The maximum atomic E-state index is 12.0. The summed E-state index contributed by atoms with van der Waals surface area (Å²) in [6.07, 6.45) is 1.39. The summed E-state index contributed by atoms with van der Waals surface area (Å²) in [7, 11) is 0. The smallest absolute Gasteiger partial charge is 0.425 e. The lowest BCUT2D eigenvalue weighted by atomic mass is 10.2. The summed E-state index contributed by atoms with van der Waals surface area (Å²) >= 11 is 0. The first-order chi connectivity index (χ1) is 14.2. The number of carbonyl (C=O) groups excluding carboxylic acids is 6. The Kier molecular flexibility index (Phi) is 8.07. The largest absolute Gasteiger partial charge is 0.537 e. The molecule has 30 heavy (non-hydrogen) atoms. The van der Waals surface area contributed by atoms with Crippen LogP contribution < -0.4 is 0 Å². The Balaban J connectivity index is 1.68. The summed E-state index contributed by atoms with van der Waals surface area (Å²) in [5.74, 6) is -3.00. The second kappa shape index (κ2) is 10.5. The minimum absolute atomic E-state index is 0.0465. The third-order valence-electron chi connectivity index (χ3n) is 4.34. The van der Waals surface area contributed by atoms with Crippen molar-refractivity contribution in [2.45, 2.75) is 58.7 Å². The van der Waals surface area contributed by atoms with Crippen molar-refractivity contribution in [3.8, 4) is 0 Å². The van der Waals surface area contributed by atoms with E-state index < -0.39 is 36.1 Å². The molecule has 0 bridgehead atoms. The van der Waals surface area contributed by atoms with Gasteiger partial charge in [0.2, 0.25) is 0 Å². The van der Waals surface area contributed by atoms with Crippen LogP contribution in [0.4, 0.5) is 4.79 Å². The molecule has 2 aliphatic heterocycles. The Labute approximate surface area is 172 Å². The van der Waals surface area contributed by atoms with E-state index in [0.717, 1.165) is 4.90 Å². The van der Waals surface area contributed by atoms with Crippen LogP contribution in [0.2, 0.25) is 0 Å². The van der Waals surface area contributed by atoms with Crippen molar-refractivity contribution in [2.75, 3.05) is 6.54 Å². The van der Waals surface area contributed by atoms with Gasteiger partial charge < -0.3 is 9.47 Å². The van der Waals surface area contributed by atoms with Gasteiger partial charge in [0.15, 0.2) is 0 Å². The van der Waals surface area contributed by atoms with Gasteiger partial charge in [0.05, 0.1) is 0 Å². The van der Waals surface area contributed by atoms with Gasteiger partial charge in [0.1, 0.15) is 0 Å². The number of ether oxygens (including phenoxy) is 2. The molecule has 4 amide bonds. The summed E-state index contributed by atoms with van der Waals surface area (Å²) in [6.45, 7) is 3.57. The fourth-order valence-electron chi connectivity index (χ4n) is 2.70. The molecule has 0 aromatic heterocycles. The molecule has 2 aliphatic rings. The van der Waals surface area contributed by atoms with E-state index in [-0.39, 0.29) is 37.6 Å². The normalized spacial score (nSPS) is 17.2. The number of carbonyl (C=O) groups is 6. The van der Waals surface area contributed by atoms with Gasteiger partial charge in [-0.15, -0.1) is 0 Å². The van der Waals surface area contributed by atoms with Crippen molar-refractivity contribution >= 4 is 35.8 Å². The van der Waals surface area contributed by atoms with E-state index in [2.05, 4.69) is 4.84 Å². The van der Waals surface area contributed by atoms with Crippen LogP contribution in [0.5, 0.6) is 0 Å². The van der Waals surface area contributed by atoms with Crippen molar-refractivity contribution in [1.29, 1.82) is 0 Å². The SMILES string of the molecule is CC(C)C(OC(=O)CCCCCN1C(=O)C=CC1=O)OC(=O)ON1C(=O)CCC1=O. The highest BCUT2D eigenvalue weighted by atomic mass is 16.9. The number of hydrogen-bond donors (Lipinski definition) is 0. The Morgan fingerprint density at radius 1 is 0.933 bits per heavy atom. The first-order valence-electron chi connectivity index (χ1n) is 9.66. The third-order valence-corrected chi connectivity index (χ3v) is 4.34. The third kappa shape index (κ3) is 6.39. The van der Waals surface area contributed by atoms with E-state index in [1.54, 1.807) is 13.8 Å². The Morgan fingerprint density at radius 3 is 2.10 bits per heavy atom. The molecule has 2 rings (SSSR count). The standard InChI is InChI=1S/C19H24N2O9/c1-12(2)18(29-19(27)30-21-15(24)9-10-16(21)25)28-17(26)6-4-3-5-11-20-13(22)7-8-14(20)23/h7-8,12,18H,3-6,9-11H2,1-2H3. The highest BCUT2D eigenvalue weighted by molar-refractivity contribution is 6.12. The zero-order valence-corrected chi connectivity index (χ0v) is 16.8. The highest BCUT2D eigenvalue weighted by Gasteiger charge is 2.34. The van der Waals surface area contributed by atoms with Crippen molar-refractivity contribution in [3.05, 3.63) is 12.2 Å². The second-order valence-electron chi connectivity index (χ2n) is 7.12. The zero-order chi connectivity index (χ0) is 22.3. The van der Waals surface area contributed by atoms with E-state index in [1.807, 2.05) is 0 Å². The summed E-state index contributed by atoms with van der Waals surface area (Å²) in [4.78, 5) is 75.3. The molecule has 0 spiro atoms. The van der Waals surface area contributed by atoms with Gasteiger partial charge in [0, 0.05) is 43.9 Å². The number of rotatable bonds is 10. The fraction of sp³-hybridized carbons (Fsp3) is 0.579. The lowest BCUT2D eigenvalue weighted by Crippen LogP contribution is -2.36. The van der Waals surface area contributed by atoms with E-state index >= 15 is 0 Å². The Morgan fingerprint density at radius 2 is 1.53 bits per heavy atom. The lowest BCUT2D eigenvalue weighted by molar-refractivity contribution is -0.199. The molecule has 0 N–H and O–H groups in total. The van der Waals surface area contributed by atoms with Gasteiger partial charge in [-0.25, -0.2) is 4.79 Å². The fourth-order valence-corrected chi connectivity index (χ4v) is 2.70. The number of imide groups is 2. The molecular weight excluding hydrogens is 400 g/mol. The maximum absolute atomic E-state index is 12.0. The summed E-state index contributed by atoms with van der Waals surface area (Å²) in [6, 6.07) is 0. The molecule has 1 saturated heterocycles. The molecule has 1 unspecified atom stereocenters. The predicted molar refractivity (Wildman–Crippen MR) is 97.7 cm³/mol. The number of hydrogen-bond acceptors (Lipinski definition) is 9. The quantitative estimate of drug-likeness (QED) is 0.219. The zero-order valence-electron chi connectivity index (χ0n) is 16.8. The maximum Gasteiger partial charge on any atom is 0.537 e. The average molecular weight is 424 g/mol. The van der Waals surface area contributed by atoms with Gasteiger partial charge in [-0.2, -0.15) is 0 Å². The van der Waals surface area contributed by atoms with E-state index in [9.17, 15) is 28.8 Å². The van der Waals surface area contributed by atoms with E-state index in [1.165, 1.54) is 12.2 Å². The van der Waals surface area contributed by atoms with Crippen LogP contribution in [0.1, 0.15) is 52.4 Å². The molecule has 164 valence electrons. The Hall–Kier alpha value is -3.24. The van der Waals surface area contributed by atoms with Crippen molar-refractivity contribution in [3.63, 3.8) is 0 Å². The first kappa shape index (κ1) is 23.0. The molecule has 0 aliphatic carbocycles. The summed E-state index contributed by atoms with van der Waals surface area (Å²) in [5, 5.41) is 0.340. The van der Waals surface area contributed by atoms with Crippen LogP contribution in [-0.2, 0) is 38.3 Å². The van der Waals surface area contributed by atoms with Gasteiger partial charge in [-0.3, -0.25) is 33.7 Å². The molecule has 0 aromatic carbocycles. The number of nitrogens with zero attached hydrogens (tertiary/aromatic N) is 2. The number of amides is 4. The van der Waals surface area contributed by atoms with Crippen LogP contribution in [0, 0.1) is 5.92 Å². The van der Waals surface area contributed by atoms with Gasteiger partial charge in [-0.1, -0.05) is 25.3 Å². The minimum Gasteiger partial charge on any atom is -0.425 e. The molecular formula is C19H24N2O9. The molecule has 11 nitrogen and oxygen atoms in total. The van der Waals surface area contributed by atoms with Crippen LogP contribution in [0.15, 0.2) is 12.2 Å². The molecule has 1 fully saturated rings. The summed E-state index contributed by atoms with van der Waals surface area (Å²) < 4.78 is 10.1. The monoisotopic (exact) mass is 424 g/mol. The molecule has 0 saturated carbocycles. The van der Waals surface area contributed by atoms with E-state index in [0.29, 0.717) is 24.3 Å². The number of esters is 1. The Bertz CT molecular complexity index is 725. The van der Waals surface area contributed by atoms with Crippen LogP contribution in [-0.4, -0.2) is 58.6 Å².